The lowest BCUT2D eigenvalue weighted by molar-refractivity contribution is 0.542. The minimum absolute atomic E-state index is 0.489. The lowest BCUT2D eigenvalue weighted by Gasteiger charge is -2.18. The average molecular weight is 248 g/mol. The summed E-state index contributed by atoms with van der Waals surface area (Å²) < 4.78 is 0. The molecule has 0 saturated heterocycles. The van der Waals surface area contributed by atoms with E-state index in [-0.39, 0.29) is 0 Å². The largest absolute Gasteiger partial charge is 0.257 e. The van der Waals surface area contributed by atoms with Crippen LogP contribution in [0.5, 0.6) is 0 Å². The van der Waals surface area contributed by atoms with E-state index < -0.39 is 5.66 Å². The molecule has 2 aromatic carbocycles. The van der Waals surface area contributed by atoms with Crippen molar-refractivity contribution >= 4 is 11.9 Å². The van der Waals surface area contributed by atoms with Crippen molar-refractivity contribution in [2.45, 2.75) is 19.5 Å². The molecular weight excluding hydrogens is 232 g/mol. The molecule has 0 bridgehead atoms. The maximum atomic E-state index is 4.80. The lowest BCUT2D eigenvalue weighted by Crippen LogP contribution is -2.14. The summed E-state index contributed by atoms with van der Waals surface area (Å²) in [7, 11) is 0. The highest BCUT2D eigenvalue weighted by Crippen LogP contribution is 2.31. The Labute approximate surface area is 113 Å². The van der Waals surface area contributed by atoms with E-state index in [0.29, 0.717) is 0 Å². The van der Waals surface area contributed by atoms with Crippen molar-refractivity contribution in [3.8, 4) is 0 Å². The van der Waals surface area contributed by atoms with E-state index in [9.17, 15) is 0 Å². The number of hydrogen-bond donors (Lipinski definition) is 0. The third-order valence-electron chi connectivity index (χ3n) is 3.41. The molecule has 2 aromatic rings. The van der Waals surface area contributed by atoms with Crippen molar-refractivity contribution in [1.82, 2.24) is 0 Å². The average Bonchev–Trinajstić information content (AvgIpc) is 2.84. The summed E-state index contributed by atoms with van der Waals surface area (Å²) in [4.78, 5) is 9.40. The number of aliphatic imine (C=N–C) groups is 2. The standard InChI is InChI=1S/C17H16N2/c1-13-7-6-10-15(11-13)17(2)18-12-16(19-17)14-8-4-3-5-9-14/h3-12H,1-2H3. The summed E-state index contributed by atoms with van der Waals surface area (Å²) in [5, 5.41) is 0. The Morgan fingerprint density at radius 3 is 2.47 bits per heavy atom. The molecule has 2 nitrogen and oxygen atoms in total. The van der Waals surface area contributed by atoms with Gasteiger partial charge < -0.3 is 0 Å². The highest BCUT2D eigenvalue weighted by Gasteiger charge is 2.28. The van der Waals surface area contributed by atoms with Gasteiger partial charge >= 0.3 is 0 Å². The number of nitrogens with zero attached hydrogens (tertiary/aromatic N) is 2. The van der Waals surface area contributed by atoms with Crippen molar-refractivity contribution in [2.75, 3.05) is 0 Å². The smallest absolute Gasteiger partial charge is 0.173 e. The number of aryl methyl sites for hydroxylation is 1. The van der Waals surface area contributed by atoms with Gasteiger partial charge in [0.15, 0.2) is 5.66 Å². The summed E-state index contributed by atoms with van der Waals surface area (Å²) >= 11 is 0. The molecule has 0 aliphatic carbocycles. The van der Waals surface area contributed by atoms with Crippen LogP contribution in [0.2, 0.25) is 0 Å². The first-order valence-electron chi connectivity index (χ1n) is 6.45. The predicted molar refractivity (Wildman–Crippen MR) is 80.0 cm³/mol. The topological polar surface area (TPSA) is 24.7 Å². The molecule has 1 aliphatic rings. The first kappa shape index (κ1) is 11.8. The molecule has 19 heavy (non-hydrogen) atoms. The predicted octanol–water partition coefficient (Wildman–Crippen LogP) is 3.74. The van der Waals surface area contributed by atoms with Crippen LogP contribution in [0.4, 0.5) is 0 Å². The molecule has 3 rings (SSSR count). The fraction of sp³-hybridized carbons (Fsp3) is 0.176. The molecule has 1 aliphatic heterocycles. The molecule has 0 saturated carbocycles. The zero-order chi connectivity index (χ0) is 13.3. The first-order chi connectivity index (χ1) is 9.17. The van der Waals surface area contributed by atoms with Crippen LogP contribution in [0.15, 0.2) is 64.6 Å². The fourth-order valence-corrected chi connectivity index (χ4v) is 2.31. The fourth-order valence-electron chi connectivity index (χ4n) is 2.31. The van der Waals surface area contributed by atoms with Crippen LogP contribution < -0.4 is 0 Å². The minimum atomic E-state index is -0.489. The summed E-state index contributed by atoms with van der Waals surface area (Å²) in [6, 6.07) is 18.6. The quantitative estimate of drug-likeness (QED) is 0.773. The normalized spacial score (nSPS) is 21.5. The van der Waals surface area contributed by atoms with Crippen LogP contribution >= 0.6 is 0 Å². The molecule has 94 valence electrons. The Morgan fingerprint density at radius 1 is 0.947 bits per heavy atom. The Bertz CT molecular complexity index is 656. The molecule has 0 radical (unpaired) electrons. The zero-order valence-electron chi connectivity index (χ0n) is 11.2. The van der Waals surface area contributed by atoms with Crippen LogP contribution in [0.25, 0.3) is 0 Å². The van der Waals surface area contributed by atoms with Gasteiger partial charge in [0.1, 0.15) is 0 Å². The van der Waals surface area contributed by atoms with Gasteiger partial charge in [-0.3, -0.25) is 4.99 Å². The van der Waals surface area contributed by atoms with Gasteiger partial charge in [0.05, 0.1) is 11.9 Å². The number of benzene rings is 2. The van der Waals surface area contributed by atoms with Crippen molar-refractivity contribution in [3.63, 3.8) is 0 Å². The van der Waals surface area contributed by atoms with Gasteiger partial charge in [0.25, 0.3) is 0 Å². The SMILES string of the molecule is Cc1cccc(C2(C)N=CC(c3ccccc3)=N2)c1. The van der Waals surface area contributed by atoms with Crippen molar-refractivity contribution in [2.24, 2.45) is 9.98 Å². The van der Waals surface area contributed by atoms with Crippen molar-refractivity contribution in [1.29, 1.82) is 0 Å². The third-order valence-corrected chi connectivity index (χ3v) is 3.41. The van der Waals surface area contributed by atoms with Gasteiger partial charge in [-0.2, -0.15) is 0 Å². The van der Waals surface area contributed by atoms with E-state index in [1.54, 1.807) is 0 Å². The maximum absolute atomic E-state index is 4.80. The molecule has 0 spiro atoms. The van der Waals surface area contributed by atoms with Crippen molar-refractivity contribution < 1.29 is 0 Å². The summed E-state index contributed by atoms with van der Waals surface area (Å²) in [6.45, 7) is 4.14. The van der Waals surface area contributed by atoms with Gasteiger partial charge in [-0.15, -0.1) is 0 Å². The Balaban J connectivity index is 2.01. The molecular formula is C17H16N2. The van der Waals surface area contributed by atoms with Crippen LogP contribution in [0.1, 0.15) is 23.6 Å². The second kappa shape index (κ2) is 4.47. The molecule has 1 atom stereocenters. The molecule has 0 amide bonds. The van der Waals surface area contributed by atoms with E-state index in [4.69, 9.17) is 4.99 Å². The highest BCUT2D eigenvalue weighted by molar-refractivity contribution is 6.39. The minimum Gasteiger partial charge on any atom is -0.257 e. The summed E-state index contributed by atoms with van der Waals surface area (Å²) in [5.74, 6) is 0. The van der Waals surface area contributed by atoms with E-state index in [1.807, 2.05) is 31.3 Å². The van der Waals surface area contributed by atoms with Gasteiger partial charge in [-0.05, 0) is 13.8 Å². The molecule has 1 unspecified atom stereocenters. The molecule has 1 heterocycles. The summed E-state index contributed by atoms with van der Waals surface area (Å²) in [6.07, 6.45) is 1.87. The zero-order valence-corrected chi connectivity index (χ0v) is 11.2. The molecule has 2 heteroatoms. The molecule has 0 N–H and O–H groups in total. The number of hydrogen-bond acceptors (Lipinski definition) is 2. The number of rotatable bonds is 2. The first-order valence-corrected chi connectivity index (χ1v) is 6.45. The van der Waals surface area contributed by atoms with Crippen LogP contribution in [-0.2, 0) is 5.66 Å². The Hall–Kier alpha value is -2.22. The molecule has 0 aromatic heterocycles. The van der Waals surface area contributed by atoms with E-state index in [1.165, 1.54) is 5.56 Å². The third kappa shape index (κ3) is 2.22. The maximum Gasteiger partial charge on any atom is 0.173 e. The van der Waals surface area contributed by atoms with E-state index >= 15 is 0 Å². The second-order valence-electron chi connectivity index (χ2n) is 5.01. The summed E-state index contributed by atoms with van der Waals surface area (Å²) in [5.41, 5.74) is 3.94. The lowest BCUT2D eigenvalue weighted by atomic mass is 10.0. The second-order valence-corrected chi connectivity index (χ2v) is 5.01. The van der Waals surface area contributed by atoms with Gasteiger partial charge in [0.2, 0.25) is 0 Å². The van der Waals surface area contributed by atoms with Gasteiger partial charge in [0, 0.05) is 11.1 Å². The van der Waals surface area contributed by atoms with Gasteiger partial charge in [-0.25, -0.2) is 4.99 Å². The highest BCUT2D eigenvalue weighted by atomic mass is 15.1. The molecule has 0 fully saturated rings. The van der Waals surface area contributed by atoms with E-state index in [0.717, 1.165) is 16.8 Å². The van der Waals surface area contributed by atoms with Crippen LogP contribution in [0, 0.1) is 6.92 Å². The Morgan fingerprint density at radius 2 is 1.74 bits per heavy atom. The van der Waals surface area contributed by atoms with Gasteiger partial charge in [-0.1, -0.05) is 60.2 Å². The van der Waals surface area contributed by atoms with Crippen LogP contribution in [-0.4, -0.2) is 11.9 Å². The van der Waals surface area contributed by atoms with Crippen molar-refractivity contribution in [3.05, 3.63) is 71.3 Å². The van der Waals surface area contributed by atoms with E-state index in [2.05, 4.69) is 48.3 Å². The van der Waals surface area contributed by atoms with Crippen LogP contribution in [0.3, 0.4) is 0 Å². The Kier molecular flexibility index (Phi) is 2.79. The monoisotopic (exact) mass is 248 g/mol.